The first-order valence-corrected chi connectivity index (χ1v) is 5.97. The molecule has 0 unspecified atom stereocenters. The monoisotopic (exact) mass is 290 g/mol. The number of rotatable bonds is 3. The fourth-order valence-corrected chi connectivity index (χ4v) is 1.92. The van der Waals surface area contributed by atoms with Gasteiger partial charge in [0.15, 0.2) is 5.58 Å². The molecule has 106 valence electrons. The Balaban J connectivity index is 2.04. The summed E-state index contributed by atoms with van der Waals surface area (Å²) >= 11 is 0. The van der Waals surface area contributed by atoms with E-state index >= 15 is 0 Å². The van der Waals surface area contributed by atoms with Crippen molar-refractivity contribution >= 4 is 16.8 Å². The van der Waals surface area contributed by atoms with Crippen LogP contribution in [0.3, 0.4) is 0 Å². The van der Waals surface area contributed by atoms with E-state index in [1.807, 2.05) is 0 Å². The Bertz CT molecular complexity index is 779. The lowest BCUT2D eigenvalue weighted by atomic mass is 10.1. The maximum absolute atomic E-state index is 14.3. The minimum Gasteiger partial charge on any atom is -0.435 e. The predicted octanol–water partition coefficient (Wildman–Crippen LogP) is 3.88. The van der Waals surface area contributed by atoms with Crippen LogP contribution in [0.2, 0.25) is 0 Å². The summed E-state index contributed by atoms with van der Waals surface area (Å²) in [5, 5.41) is 10.5. The molecule has 2 aromatic carbocycles. The summed E-state index contributed by atoms with van der Waals surface area (Å²) in [6, 6.07) is 10.4. The highest BCUT2D eigenvalue weighted by atomic mass is 19.3. The molecule has 0 amide bonds. The highest BCUT2D eigenvalue weighted by molar-refractivity contribution is 5.72. The molecule has 0 spiro atoms. The van der Waals surface area contributed by atoms with Crippen LogP contribution in [-0.2, 0) is 5.92 Å². The minimum atomic E-state index is -3.46. The number of fused-ring (bicyclic) bond motifs is 1. The van der Waals surface area contributed by atoms with E-state index in [2.05, 4.69) is 4.98 Å². The number of oxazole rings is 1. The first kappa shape index (κ1) is 13.2. The molecule has 0 N–H and O–H groups in total. The summed E-state index contributed by atoms with van der Waals surface area (Å²) in [6.45, 7) is 0. The van der Waals surface area contributed by atoms with Gasteiger partial charge >= 0.3 is 5.92 Å². The fourth-order valence-electron chi connectivity index (χ4n) is 1.92. The molecule has 3 rings (SSSR count). The van der Waals surface area contributed by atoms with Crippen LogP contribution >= 0.6 is 0 Å². The minimum absolute atomic E-state index is 0.257. The zero-order chi connectivity index (χ0) is 15.0. The van der Waals surface area contributed by atoms with Crippen LogP contribution in [0.5, 0.6) is 0 Å². The third-order valence-electron chi connectivity index (χ3n) is 3.00. The van der Waals surface area contributed by atoms with Crippen molar-refractivity contribution in [1.82, 2.24) is 4.98 Å². The van der Waals surface area contributed by atoms with E-state index < -0.39 is 22.3 Å². The molecule has 3 aromatic rings. The van der Waals surface area contributed by atoms with Crippen molar-refractivity contribution in [3.8, 4) is 0 Å². The number of halogens is 2. The second-order valence-corrected chi connectivity index (χ2v) is 4.37. The van der Waals surface area contributed by atoms with Gasteiger partial charge in [-0.2, -0.15) is 8.78 Å². The summed E-state index contributed by atoms with van der Waals surface area (Å²) in [5.74, 6) is -4.20. The number of nitro groups is 1. The SMILES string of the molecule is O=[N+]([O-])c1ccc(C(F)(F)c2nc3ccccc3o2)cc1. The van der Waals surface area contributed by atoms with Crippen molar-refractivity contribution in [2.75, 3.05) is 0 Å². The molecule has 21 heavy (non-hydrogen) atoms. The lowest BCUT2D eigenvalue weighted by Crippen LogP contribution is -2.15. The number of para-hydroxylation sites is 2. The van der Waals surface area contributed by atoms with Crippen LogP contribution in [0.4, 0.5) is 14.5 Å². The normalized spacial score (nSPS) is 11.7. The van der Waals surface area contributed by atoms with Crippen molar-refractivity contribution in [2.24, 2.45) is 0 Å². The van der Waals surface area contributed by atoms with Crippen LogP contribution in [0.1, 0.15) is 11.5 Å². The topological polar surface area (TPSA) is 69.2 Å². The maximum atomic E-state index is 14.3. The van der Waals surface area contributed by atoms with E-state index in [1.54, 1.807) is 18.2 Å². The summed E-state index contributed by atoms with van der Waals surface area (Å²) < 4.78 is 33.7. The van der Waals surface area contributed by atoms with Gasteiger partial charge in [0, 0.05) is 17.7 Å². The van der Waals surface area contributed by atoms with Crippen molar-refractivity contribution in [1.29, 1.82) is 0 Å². The third-order valence-corrected chi connectivity index (χ3v) is 3.00. The molecule has 1 heterocycles. The molecule has 0 fully saturated rings. The Morgan fingerprint density at radius 3 is 2.38 bits per heavy atom. The average molecular weight is 290 g/mol. The van der Waals surface area contributed by atoms with E-state index in [9.17, 15) is 18.9 Å². The number of non-ortho nitro benzene ring substituents is 1. The number of nitrogens with zero attached hydrogens (tertiary/aromatic N) is 2. The van der Waals surface area contributed by atoms with Crippen molar-refractivity contribution in [3.63, 3.8) is 0 Å². The second-order valence-electron chi connectivity index (χ2n) is 4.37. The molecule has 7 heteroatoms. The van der Waals surface area contributed by atoms with Gasteiger partial charge in [-0.3, -0.25) is 10.1 Å². The standard InChI is InChI=1S/C14H8F2N2O3/c15-14(16,9-5-7-10(8-6-9)18(19)20)13-17-11-3-1-2-4-12(11)21-13/h1-8H. The summed E-state index contributed by atoms with van der Waals surface area (Å²) in [5.41, 5.74) is -0.0880. The van der Waals surface area contributed by atoms with E-state index in [-0.39, 0.29) is 11.3 Å². The van der Waals surface area contributed by atoms with Crippen LogP contribution in [-0.4, -0.2) is 9.91 Å². The van der Waals surface area contributed by atoms with Crippen LogP contribution in [0.15, 0.2) is 52.9 Å². The number of hydrogen-bond acceptors (Lipinski definition) is 4. The van der Waals surface area contributed by atoms with Gasteiger partial charge in [-0.05, 0) is 24.3 Å². The number of hydrogen-bond donors (Lipinski definition) is 0. The van der Waals surface area contributed by atoms with Crippen LogP contribution < -0.4 is 0 Å². The summed E-state index contributed by atoms with van der Waals surface area (Å²) in [6.07, 6.45) is 0. The number of nitro benzene ring substituents is 1. The Morgan fingerprint density at radius 2 is 1.76 bits per heavy atom. The van der Waals surface area contributed by atoms with Gasteiger partial charge < -0.3 is 4.42 Å². The van der Waals surface area contributed by atoms with E-state index in [0.717, 1.165) is 24.3 Å². The lowest BCUT2D eigenvalue weighted by Gasteiger charge is -2.12. The van der Waals surface area contributed by atoms with Gasteiger partial charge in [0.05, 0.1) is 4.92 Å². The van der Waals surface area contributed by atoms with E-state index in [0.29, 0.717) is 5.52 Å². The molecule has 0 atom stereocenters. The average Bonchev–Trinajstić information content (AvgIpc) is 2.92. The molecule has 0 saturated carbocycles. The van der Waals surface area contributed by atoms with Crippen LogP contribution in [0, 0.1) is 10.1 Å². The van der Waals surface area contributed by atoms with Gasteiger partial charge in [0.2, 0.25) is 0 Å². The van der Waals surface area contributed by atoms with Gasteiger partial charge in [0.25, 0.3) is 11.6 Å². The molecular weight excluding hydrogens is 282 g/mol. The number of benzene rings is 2. The molecule has 1 aromatic heterocycles. The smallest absolute Gasteiger partial charge is 0.347 e. The van der Waals surface area contributed by atoms with Crippen molar-refractivity contribution in [2.45, 2.75) is 5.92 Å². The van der Waals surface area contributed by atoms with Gasteiger partial charge in [-0.1, -0.05) is 12.1 Å². The first-order valence-electron chi connectivity index (χ1n) is 5.97. The summed E-state index contributed by atoms with van der Waals surface area (Å²) in [7, 11) is 0. The molecule has 0 bridgehead atoms. The number of aromatic nitrogens is 1. The number of alkyl halides is 2. The molecule has 0 aliphatic rings. The highest BCUT2D eigenvalue weighted by Gasteiger charge is 2.40. The fraction of sp³-hybridized carbons (Fsp3) is 0.0714. The van der Waals surface area contributed by atoms with Gasteiger partial charge in [-0.15, -0.1) is 0 Å². The predicted molar refractivity (Wildman–Crippen MR) is 70.1 cm³/mol. The Kier molecular flexibility index (Phi) is 2.90. The van der Waals surface area contributed by atoms with Crippen molar-refractivity contribution in [3.05, 3.63) is 70.1 Å². The first-order chi connectivity index (χ1) is 9.98. The molecule has 0 aliphatic heterocycles. The Hall–Kier alpha value is -2.83. The second kappa shape index (κ2) is 4.62. The lowest BCUT2D eigenvalue weighted by molar-refractivity contribution is -0.384. The molecule has 0 aliphatic carbocycles. The molecule has 0 saturated heterocycles. The zero-order valence-corrected chi connectivity index (χ0v) is 10.5. The maximum Gasteiger partial charge on any atom is 0.347 e. The summed E-state index contributed by atoms with van der Waals surface area (Å²) in [4.78, 5) is 13.7. The Morgan fingerprint density at radius 1 is 1.10 bits per heavy atom. The van der Waals surface area contributed by atoms with Crippen LogP contribution in [0.25, 0.3) is 11.1 Å². The van der Waals surface area contributed by atoms with Gasteiger partial charge in [-0.25, -0.2) is 4.98 Å². The third kappa shape index (κ3) is 2.22. The molecule has 5 nitrogen and oxygen atoms in total. The van der Waals surface area contributed by atoms with E-state index in [4.69, 9.17) is 4.42 Å². The van der Waals surface area contributed by atoms with E-state index in [1.165, 1.54) is 6.07 Å². The largest absolute Gasteiger partial charge is 0.435 e. The van der Waals surface area contributed by atoms with Crippen molar-refractivity contribution < 1.29 is 18.1 Å². The Labute approximate surface area is 117 Å². The quantitative estimate of drug-likeness (QED) is 0.542. The highest BCUT2D eigenvalue weighted by Crippen LogP contribution is 2.37. The van der Waals surface area contributed by atoms with Gasteiger partial charge in [0.1, 0.15) is 5.52 Å². The molecular formula is C14H8F2N2O3. The zero-order valence-electron chi connectivity index (χ0n) is 10.5. The molecule has 0 radical (unpaired) electrons.